The molecule has 2 aromatic carbocycles. The fraction of sp³-hybridized carbons (Fsp3) is 0. The van der Waals surface area contributed by atoms with E-state index in [0.717, 1.165) is 0 Å². The lowest BCUT2D eigenvalue weighted by Gasteiger charge is -2.03. The van der Waals surface area contributed by atoms with Gasteiger partial charge in [-0.3, -0.25) is 0 Å². The number of hydrogen-bond acceptors (Lipinski definition) is 6. The Kier molecular flexibility index (Phi) is 5.42. The second-order valence-electron chi connectivity index (χ2n) is 4.75. The van der Waals surface area contributed by atoms with E-state index in [2.05, 4.69) is 10.3 Å². The lowest BCUT2D eigenvalue weighted by atomic mass is 10.1. The van der Waals surface area contributed by atoms with Gasteiger partial charge >= 0.3 is 5.97 Å². The molecule has 4 N–H and O–H groups in total. The summed E-state index contributed by atoms with van der Waals surface area (Å²) in [5, 5.41) is 33.5. The number of nitrogens with zero attached hydrogens (tertiary/aromatic N) is 1. The zero-order valence-electron chi connectivity index (χ0n) is 12.1. The van der Waals surface area contributed by atoms with Gasteiger partial charge in [-0.15, -0.1) is 28.3 Å². The van der Waals surface area contributed by atoms with Gasteiger partial charge in [0.15, 0.2) is 5.13 Å². The Labute approximate surface area is 151 Å². The van der Waals surface area contributed by atoms with Gasteiger partial charge in [-0.05, 0) is 36.4 Å². The number of aromatic nitrogens is 1. The van der Waals surface area contributed by atoms with Crippen LogP contribution >= 0.6 is 28.3 Å². The largest absolute Gasteiger partial charge is 0.508 e. The van der Waals surface area contributed by atoms with E-state index in [1.807, 2.05) is 0 Å². The number of nitrogens with one attached hydrogen (secondary N) is 1. The van der Waals surface area contributed by atoms with Crippen molar-refractivity contribution in [3.63, 3.8) is 0 Å². The van der Waals surface area contributed by atoms with E-state index in [-0.39, 0.29) is 34.0 Å². The topological polar surface area (TPSA) is 103 Å². The third-order valence-electron chi connectivity index (χ3n) is 3.14. The van der Waals surface area contributed by atoms with Gasteiger partial charge in [0.2, 0.25) is 0 Å². The summed E-state index contributed by atoms with van der Waals surface area (Å²) in [4.78, 5) is 15.2. The Morgan fingerprint density at radius 3 is 2.42 bits per heavy atom. The van der Waals surface area contributed by atoms with E-state index in [1.165, 1.54) is 35.6 Å². The van der Waals surface area contributed by atoms with Crippen molar-refractivity contribution >= 4 is 45.1 Å². The molecular formula is C16H13BrN2O4S. The molecule has 0 unspecified atom stereocenters. The van der Waals surface area contributed by atoms with Crippen LogP contribution in [0.3, 0.4) is 0 Å². The first-order valence-corrected chi connectivity index (χ1v) is 7.49. The number of aromatic hydroxyl groups is 2. The average Bonchev–Trinajstić information content (AvgIpc) is 2.96. The number of carbonyl (C=O) groups is 1. The molecule has 0 saturated heterocycles. The molecule has 0 aliphatic heterocycles. The highest BCUT2D eigenvalue weighted by Gasteiger charge is 2.10. The maximum atomic E-state index is 10.8. The molecule has 3 aromatic rings. The molecule has 0 atom stereocenters. The fourth-order valence-electron chi connectivity index (χ4n) is 2.01. The van der Waals surface area contributed by atoms with Crippen molar-refractivity contribution in [3.05, 3.63) is 53.4 Å². The molecule has 124 valence electrons. The maximum Gasteiger partial charge on any atom is 0.335 e. The third kappa shape index (κ3) is 3.84. The number of thiazole rings is 1. The number of phenols is 2. The van der Waals surface area contributed by atoms with E-state index >= 15 is 0 Å². The minimum Gasteiger partial charge on any atom is -0.508 e. The molecule has 0 aliphatic carbocycles. The molecule has 8 heteroatoms. The summed E-state index contributed by atoms with van der Waals surface area (Å²) in [7, 11) is 0. The van der Waals surface area contributed by atoms with Crippen LogP contribution in [0.5, 0.6) is 11.5 Å². The summed E-state index contributed by atoms with van der Waals surface area (Å²) in [6.45, 7) is 0. The summed E-state index contributed by atoms with van der Waals surface area (Å²) in [5.41, 5.74) is 2.03. The Bertz CT molecular complexity index is 865. The molecule has 0 aliphatic rings. The first-order chi connectivity index (χ1) is 11.0. The molecule has 0 spiro atoms. The summed E-state index contributed by atoms with van der Waals surface area (Å²) >= 11 is 1.35. The number of aromatic carboxylic acids is 1. The zero-order valence-corrected chi connectivity index (χ0v) is 14.7. The van der Waals surface area contributed by atoms with Crippen molar-refractivity contribution < 1.29 is 20.1 Å². The van der Waals surface area contributed by atoms with Gasteiger partial charge < -0.3 is 20.6 Å². The molecule has 6 nitrogen and oxygen atoms in total. The van der Waals surface area contributed by atoms with Crippen LogP contribution in [0.25, 0.3) is 11.3 Å². The second kappa shape index (κ2) is 7.33. The van der Waals surface area contributed by atoms with E-state index in [1.54, 1.807) is 23.6 Å². The van der Waals surface area contributed by atoms with Crippen LogP contribution in [0.2, 0.25) is 0 Å². The van der Waals surface area contributed by atoms with Crippen LogP contribution in [0.4, 0.5) is 10.8 Å². The van der Waals surface area contributed by atoms with Crippen molar-refractivity contribution in [2.75, 3.05) is 5.32 Å². The lowest BCUT2D eigenvalue weighted by Crippen LogP contribution is -1.96. The maximum absolute atomic E-state index is 10.8. The van der Waals surface area contributed by atoms with Crippen LogP contribution in [0.1, 0.15) is 10.4 Å². The van der Waals surface area contributed by atoms with E-state index in [0.29, 0.717) is 22.1 Å². The highest BCUT2D eigenvalue weighted by atomic mass is 79.9. The van der Waals surface area contributed by atoms with Gasteiger partial charge in [0.1, 0.15) is 11.5 Å². The van der Waals surface area contributed by atoms with Gasteiger partial charge in [0.25, 0.3) is 0 Å². The van der Waals surface area contributed by atoms with Gasteiger partial charge in [-0.1, -0.05) is 0 Å². The minimum absolute atomic E-state index is 0. The van der Waals surface area contributed by atoms with E-state index < -0.39 is 5.97 Å². The number of benzene rings is 2. The number of halogens is 1. The average molecular weight is 409 g/mol. The third-order valence-corrected chi connectivity index (χ3v) is 3.90. The monoisotopic (exact) mass is 408 g/mol. The Morgan fingerprint density at radius 2 is 1.79 bits per heavy atom. The fourth-order valence-corrected chi connectivity index (χ4v) is 2.74. The number of carboxylic acids is 1. The summed E-state index contributed by atoms with van der Waals surface area (Å²) in [6, 6.07) is 10.6. The van der Waals surface area contributed by atoms with Crippen LogP contribution in [-0.4, -0.2) is 26.3 Å². The van der Waals surface area contributed by atoms with Crippen LogP contribution < -0.4 is 5.32 Å². The molecule has 3 rings (SSSR count). The second-order valence-corrected chi connectivity index (χ2v) is 5.60. The van der Waals surface area contributed by atoms with Crippen LogP contribution in [-0.2, 0) is 0 Å². The number of hydrogen-bond donors (Lipinski definition) is 4. The number of phenolic OH excluding ortho intramolecular Hbond substituents is 2. The Morgan fingerprint density at radius 1 is 1.08 bits per heavy atom. The number of rotatable bonds is 4. The summed E-state index contributed by atoms with van der Waals surface area (Å²) in [6.07, 6.45) is 0. The lowest BCUT2D eigenvalue weighted by molar-refractivity contribution is 0.0697. The normalized spacial score (nSPS) is 10.0. The molecule has 0 bridgehead atoms. The smallest absolute Gasteiger partial charge is 0.335 e. The predicted octanol–water partition coefficient (Wildman–Crippen LogP) is 4.24. The SMILES string of the molecule is Br.O=C(O)c1ccc(Nc2nc(-c3ccc(O)cc3O)cs2)cc1. The first-order valence-electron chi connectivity index (χ1n) is 6.61. The van der Waals surface area contributed by atoms with Crippen LogP contribution in [0.15, 0.2) is 47.8 Å². The molecular weight excluding hydrogens is 396 g/mol. The Balaban J connectivity index is 0.00000208. The van der Waals surface area contributed by atoms with Crippen molar-refractivity contribution in [2.45, 2.75) is 0 Å². The molecule has 0 saturated carbocycles. The summed E-state index contributed by atoms with van der Waals surface area (Å²) < 4.78 is 0. The van der Waals surface area contributed by atoms with Crippen molar-refractivity contribution in [3.8, 4) is 22.8 Å². The molecule has 0 radical (unpaired) electrons. The minimum atomic E-state index is -0.976. The van der Waals surface area contributed by atoms with Gasteiger partial charge in [0.05, 0.1) is 11.3 Å². The van der Waals surface area contributed by atoms with Crippen molar-refractivity contribution in [1.82, 2.24) is 4.98 Å². The number of carboxylic acid groups (broad SMARTS) is 1. The highest BCUT2D eigenvalue weighted by molar-refractivity contribution is 8.93. The summed E-state index contributed by atoms with van der Waals surface area (Å²) in [5.74, 6) is -1.04. The molecule has 0 amide bonds. The zero-order chi connectivity index (χ0) is 16.4. The van der Waals surface area contributed by atoms with Crippen LogP contribution in [0, 0.1) is 0 Å². The highest BCUT2D eigenvalue weighted by Crippen LogP contribution is 2.34. The van der Waals surface area contributed by atoms with Gasteiger partial charge in [-0.2, -0.15) is 0 Å². The number of anilines is 2. The molecule has 1 aromatic heterocycles. The van der Waals surface area contributed by atoms with Gasteiger partial charge in [-0.25, -0.2) is 9.78 Å². The molecule has 0 fully saturated rings. The standard InChI is InChI=1S/C16H12N2O4S.BrH/c19-11-5-6-12(14(20)7-11)13-8-23-16(18-13)17-10-3-1-9(2-4-10)15(21)22;/h1-8,19-20H,(H,17,18)(H,21,22);1H. The molecule has 24 heavy (non-hydrogen) atoms. The van der Waals surface area contributed by atoms with Crippen molar-refractivity contribution in [2.24, 2.45) is 0 Å². The van der Waals surface area contributed by atoms with Gasteiger partial charge in [0, 0.05) is 22.7 Å². The predicted molar refractivity (Wildman–Crippen MR) is 97.9 cm³/mol. The molecule has 1 heterocycles. The van der Waals surface area contributed by atoms with E-state index in [9.17, 15) is 15.0 Å². The Hall–Kier alpha value is -2.58. The van der Waals surface area contributed by atoms with Crippen molar-refractivity contribution in [1.29, 1.82) is 0 Å². The quantitative estimate of drug-likeness (QED) is 0.514. The van der Waals surface area contributed by atoms with E-state index in [4.69, 9.17) is 5.11 Å². The first kappa shape index (κ1) is 17.8.